The van der Waals surface area contributed by atoms with Gasteiger partial charge in [0.2, 0.25) is 0 Å². The summed E-state index contributed by atoms with van der Waals surface area (Å²) in [5.41, 5.74) is 0.113. The Morgan fingerprint density at radius 2 is 2.14 bits per heavy atom. The summed E-state index contributed by atoms with van der Waals surface area (Å²) in [6.07, 6.45) is 2.88. The molecule has 2 fully saturated rings. The lowest BCUT2D eigenvalue weighted by Gasteiger charge is -2.39. The molecule has 1 unspecified atom stereocenters. The van der Waals surface area contributed by atoms with Crippen molar-refractivity contribution in [1.82, 2.24) is 4.90 Å². The monoisotopic (exact) mass is 217 g/mol. The predicted molar refractivity (Wildman–Crippen MR) is 58.8 cm³/mol. The molecule has 2 nitrogen and oxygen atoms in total. The smallest absolute Gasteiger partial charge is 0.0710 e. The zero-order valence-electron chi connectivity index (χ0n) is 9.13. The first-order valence-electron chi connectivity index (χ1n) is 5.55. The van der Waals surface area contributed by atoms with E-state index in [2.05, 4.69) is 18.7 Å². The van der Waals surface area contributed by atoms with Crippen molar-refractivity contribution in [3.63, 3.8) is 0 Å². The zero-order chi connectivity index (χ0) is 10.2. The fourth-order valence-electron chi connectivity index (χ4n) is 2.42. The molecule has 2 aliphatic heterocycles. The van der Waals surface area contributed by atoms with E-state index < -0.39 is 0 Å². The highest BCUT2D eigenvalue weighted by molar-refractivity contribution is 6.18. The van der Waals surface area contributed by atoms with Gasteiger partial charge in [-0.25, -0.2) is 0 Å². The molecule has 1 atom stereocenters. The topological polar surface area (TPSA) is 12.5 Å². The Morgan fingerprint density at radius 1 is 1.43 bits per heavy atom. The Kier molecular flexibility index (Phi) is 3.06. The molecule has 2 aliphatic rings. The molecule has 0 saturated carbocycles. The molecule has 0 aromatic rings. The molecule has 3 heteroatoms. The molecule has 0 aromatic heterocycles. The van der Waals surface area contributed by atoms with Gasteiger partial charge in [0, 0.05) is 25.5 Å². The van der Waals surface area contributed by atoms with Crippen molar-refractivity contribution in [2.45, 2.75) is 38.4 Å². The van der Waals surface area contributed by atoms with Gasteiger partial charge in [-0.15, -0.1) is 11.6 Å². The van der Waals surface area contributed by atoms with Crippen molar-refractivity contribution in [2.24, 2.45) is 5.92 Å². The standard InChI is InChI=1S/C11H20ClNO/c1-11(2)4-3-10(14-11)8-13-6-9(5-12)7-13/h9-10H,3-8H2,1-2H3. The number of rotatable bonds is 3. The van der Waals surface area contributed by atoms with Crippen molar-refractivity contribution in [1.29, 1.82) is 0 Å². The van der Waals surface area contributed by atoms with Crippen LogP contribution < -0.4 is 0 Å². The van der Waals surface area contributed by atoms with Gasteiger partial charge in [0.25, 0.3) is 0 Å². The van der Waals surface area contributed by atoms with Crippen LogP contribution in [0.1, 0.15) is 26.7 Å². The summed E-state index contributed by atoms with van der Waals surface area (Å²) in [6.45, 7) is 7.82. The molecule has 0 spiro atoms. The minimum Gasteiger partial charge on any atom is -0.371 e. The van der Waals surface area contributed by atoms with Gasteiger partial charge >= 0.3 is 0 Å². The van der Waals surface area contributed by atoms with E-state index in [1.54, 1.807) is 0 Å². The van der Waals surface area contributed by atoms with Crippen LogP contribution in [0.5, 0.6) is 0 Å². The lowest BCUT2D eigenvalue weighted by atomic mass is 10.0. The Labute approximate surface area is 91.6 Å². The molecular weight excluding hydrogens is 198 g/mol. The van der Waals surface area contributed by atoms with Gasteiger partial charge in [-0.05, 0) is 32.6 Å². The Hall–Kier alpha value is 0.210. The van der Waals surface area contributed by atoms with E-state index in [1.165, 1.54) is 25.9 Å². The van der Waals surface area contributed by atoms with Crippen LogP contribution in [0.25, 0.3) is 0 Å². The van der Waals surface area contributed by atoms with E-state index in [0.29, 0.717) is 6.10 Å². The van der Waals surface area contributed by atoms with Crippen molar-refractivity contribution < 1.29 is 4.74 Å². The normalized spacial score (nSPS) is 33.2. The van der Waals surface area contributed by atoms with Crippen molar-refractivity contribution in [2.75, 3.05) is 25.5 Å². The number of likely N-dealkylation sites (tertiary alicyclic amines) is 1. The molecule has 0 aliphatic carbocycles. The zero-order valence-corrected chi connectivity index (χ0v) is 9.89. The van der Waals surface area contributed by atoms with Crippen LogP contribution in [0.3, 0.4) is 0 Å². The second kappa shape index (κ2) is 3.99. The number of halogens is 1. The summed E-state index contributed by atoms with van der Waals surface area (Å²) < 4.78 is 5.95. The molecule has 0 N–H and O–H groups in total. The van der Waals surface area contributed by atoms with Crippen molar-refractivity contribution in [3.8, 4) is 0 Å². The Balaban J connectivity index is 1.68. The van der Waals surface area contributed by atoms with Gasteiger partial charge in [-0.3, -0.25) is 0 Å². The third-order valence-electron chi connectivity index (χ3n) is 3.27. The first-order valence-corrected chi connectivity index (χ1v) is 6.09. The Bertz CT molecular complexity index is 201. The maximum atomic E-state index is 5.95. The van der Waals surface area contributed by atoms with Gasteiger partial charge in [0.05, 0.1) is 11.7 Å². The molecule has 2 rings (SSSR count). The SMILES string of the molecule is CC1(C)CCC(CN2CC(CCl)C2)O1. The second-order valence-electron chi connectivity index (χ2n) is 5.28. The van der Waals surface area contributed by atoms with E-state index in [9.17, 15) is 0 Å². The average molecular weight is 218 g/mol. The third-order valence-corrected chi connectivity index (χ3v) is 3.70. The quantitative estimate of drug-likeness (QED) is 0.672. The van der Waals surface area contributed by atoms with Crippen LogP contribution in [-0.2, 0) is 4.74 Å². The van der Waals surface area contributed by atoms with E-state index in [-0.39, 0.29) is 5.60 Å². The lowest BCUT2D eigenvalue weighted by Crippen LogP contribution is -2.50. The predicted octanol–water partition coefficient (Wildman–Crippen LogP) is 2.11. The highest BCUT2D eigenvalue weighted by Gasteiger charge is 2.35. The molecule has 0 amide bonds. The van der Waals surface area contributed by atoms with Crippen LogP contribution in [0.4, 0.5) is 0 Å². The van der Waals surface area contributed by atoms with Crippen molar-refractivity contribution >= 4 is 11.6 Å². The number of nitrogens with zero attached hydrogens (tertiary/aromatic N) is 1. The number of alkyl halides is 1. The summed E-state index contributed by atoms with van der Waals surface area (Å²) in [5, 5.41) is 0. The van der Waals surface area contributed by atoms with Crippen molar-refractivity contribution in [3.05, 3.63) is 0 Å². The third kappa shape index (κ3) is 2.41. The van der Waals surface area contributed by atoms with E-state index >= 15 is 0 Å². The van der Waals surface area contributed by atoms with E-state index in [1.807, 2.05) is 0 Å². The molecule has 0 aromatic carbocycles. The Morgan fingerprint density at radius 3 is 2.64 bits per heavy atom. The van der Waals surface area contributed by atoms with E-state index in [4.69, 9.17) is 16.3 Å². The molecule has 2 saturated heterocycles. The highest BCUT2D eigenvalue weighted by Crippen LogP contribution is 2.30. The summed E-state index contributed by atoms with van der Waals surface area (Å²) in [5.74, 6) is 1.54. The van der Waals surface area contributed by atoms with Crippen LogP contribution in [0.15, 0.2) is 0 Å². The second-order valence-corrected chi connectivity index (χ2v) is 5.59. The first-order chi connectivity index (χ1) is 6.59. The molecule has 0 bridgehead atoms. The molecule has 82 valence electrons. The minimum atomic E-state index is 0.113. The minimum absolute atomic E-state index is 0.113. The molecular formula is C11H20ClNO. The summed E-state index contributed by atoms with van der Waals surface area (Å²) in [7, 11) is 0. The fourth-order valence-corrected chi connectivity index (χ4v) is 2.61. The molecule has 0 radical (unpaired) electrons. The summed E-state index contributed by atoms with van der Waals surface area (Å²) >= 11 is 5.77. The lowest BCUT2D eigenvalue weighted by molar-refractivity contribution is -0.0422. The van der Waals surface area contributed by atoms with Crippen LogP contribution in [-0.4, -0.2) is 42.1 Å². The van der Waals surface area contributed by atoms with Gasteiger partial charge in [-0.2, -0.15) is 0 Å². The van der Waals surface area contributed by atoms with Gasteiger partial charge in [-0.1, -0.05) is 0 Å². The maximum Gasteiger partial charge on any atom is 0.0710 e. The summed E-state index contributed by atoms with van der Waals surface area (Å²) in [6, 6.07) is 0. The number of hydrogen-bond donors (Lipinski definition) is 0. The van der Waals surface area contributed by atoms with Crippen LogP contribution >= 0.6 is 11.6 Å². The number of hydrogen-bond acceptors (Lipinski definition) is 2. The molecule has 2 heterocycles. The first kappa shape index (κ1) is 10.7. The van der Waals surface area contributed by atoms with Gasteiger partial charge in [0.15, 0.2) is 0 Å². The average Bonchev–Trinajstić information content (AvgIpc) is 2.37. The van der Waals surface area contributed by atoms with Gasteiger partial charge < -0.3 is 9.64 Å². The van der Waals surface area contributed by atoms with Crippen LogP contribution in [0.2, 0.25) is 0 Å². The largest absolute Gasteiger partial charge is 0.371 e. The maximum absolute atomic E-state index is 5.95. The summed E-state index contributed by atoms with van der Waals surface area (Å²) in [4.78, 5) is 2.46. The number of ether oxygens (including phenoxy) is 1. The highest BCUT2D eigenvalue weighted by atomic mass is 35.5. The molecule has 14 heavy (non-hydrogen) atoms. The van der Waals surface area contributed by atoms with E-state index in [0.717, 1.165) is 18.3 Å². The van der Waals surface area contributed by atoms with Crippen LogP contribution in [0, 0.1) is 5.92 Å². The fraction of sp³-hybridized carbons (Fsp3) is 1.00. The van der Waals surface area contributed by atoms with Gasteiger partial charge in [0.1, 0.15) is 0 Å².